The van der Waals surface area contributed by atoms with Crippen LogP contribution in [0.1, 0.15) is 17.5 Å². The van der Waals surface area contributed by atoms with Crippen molar-refractivity contribution in [1.82, 2.24) is 9.88 Å². The Morgan fingerprint density at radius 3 is 2.77 bits per heavy atom. The van der Waals surface area contributed by atoms with Crippen molar-refractivity contribution in [3.63, 3.8) is 0 Å². The topological polar surface area (TPSA) is 69.0 Å². The summed E-state index contributed by atoms with van der Waals surface area (Å²) in [5.74, 6) is 0.841. The number of aromatic nitrogens is 1. The number of likely N-dealkylation sites (tertiary alicyclic amines) is 1. The smallest absolute Gasteiger partial charge is 0.225 e. The average Bonchev–Trinajstić information content (AvgIpc) is 2.88. The monoisotopic (exact) mass is 292 g/mol. The Kier molecular flexibility index (Phi) is 4.01. The molecule has 0 radical (unpaired) electrons. The van der Waals surface area contributed by atoms with E-state index in [9.17, 15) is 4.79 Å². The number of hydrogen-bond donors (Lipinski definition) is 1. The first kappa shape index (κ1) is 14.1. The van der Waals surface area contributed by atoms with E-state index in [1.54, 1.807) is 12.1 Å². The highest BCUT2D eigenvalue weighted by Gasteiger charge is 2.29. The number of hydrogen-bond acceptors (Lipinski definition) is 4. The van der Waals surface area contributed by atoms with E-state index < -0.39 is 0 Å². The van der Waals surface area contributed by atoms with Gasteiger partial charge in [-0.05, 0) is 17.7 Å². The fourth-order valence-corrected chi connectivity index (χ4v) is 2.58. The molecular formula is C17H16N4O. The number of pyridine rings is 1. The highest BCUT2D eigenvalue weighted by Crippen LogP contribution is 2.18. The van der Waals surface area contributed by atoms with E-state index in [0.717, 1.165) is 5.56 Å². The van der Waals surface area contributed by atoms with Crippen LogP contribution < -0.4 is 5.32 Å². The van der Waals surface area contributed by atoms with E-state index in [0.29, 0.717) is 30.9 Å². The highest BCUT2D eigenvalue weighted by molar-refractivity contribution is 5.80. The van der Waals surface area contributed by atoms with Crippen molar-refractivity contribution in [3.05, 3.63) is 59.8 Å². The number of carbonyl (C=O) groups is 1. The van der Waals surface area contributed by atoms with Crippen LogP contribution in [0.25, 0.3) is 0 Å². The molecule has 110 valence electrons. The zero-order valence-corrected chi connectivity index (χ0v) is 12.1. The molecule has 0 bridgehead atoms. The summed E-state index contributed by atoms with van der Waals surface area (Å²) in [7, 11) is 0. The third-order valence-electron chi connectivity index (χ3n) is 3.68. The molecule has 1 aliphatic rings. The largest absolute Gasteiger partial charge is 0.365 e. The second kappa shape index (κ2) is 6.27. The molecule has 1 aliphatic heterocycles. The van der Waals surface area contributed by atoms with Crippen molar-refractivity contribution >= 4 is 11.7 Å². The maximum Gasteiger partial charge on any atom is 0.225 e. The maximum absolute atomic E-state index is 12.1. The Morgan fingerprint density at radius 2 is 2.09 bits per heavy atom. The summed E-state index contributed by atoms with van der Waals surface area (Å²) in [5, 5.41) is 12.0. The normalized spacial score (nSPS) is 17.3. The van der Waals surface area contributed by atoms with Gasteiger partial charge in [-0.1, -0.05) is 30.3 Å². The average molecular weight is 292 g/mol. The molecule has 3 rings (SSSR count). The first-order valence-corrected chi connectivity index (χ1v) is 7.19. The van der Waals surface area contributed by atoms with E-state index >= 15 is 0 Å². The van der Waals surface area contributed by atoms with E-state index in [4.69, 9.17) is 5.26 Å². The summed E-state index contributed by atoms with van der Waals surface area (Å²) in [6.45, 7) is 1.30. The lowest BCUT2D eigenvalue weighted by molar-refractivity contribution is -0.128. The molecule has 1 N–H and O–H groups in total. The molecule has 1 fully saturated rings. The van der Waals surface area contributed by atoms with E-state index in [1.165, 1.54) is 6.20 Å². The SMILES string of the molecule is N#Cc1ccc(N[C@H]2CC(=O)N(Cc3ccccc3)C2)nc1. The Morgan fingerprint density at radius 1 is 1.27 bits per heavy atom. The van der Waals surface area contributed by atoms with Crippen molar-refractivity contribution in [2.75, 3.05) is 11.9 Å². The lowest BCUT2D eigenvalue weighted by Gasteiger charge is -2.17. The van der Waals surface area contributed by atoms with Crippen LogP contribution in [-0.4, -0.2) is 28.4 Å². The van der Waals surface area contributed by atoms with Crippen molar-refractivity contribution in [2.45, 2.75) is 19.0 Å². The third kappa shape index (κ3) is 3.23. The summed E-state index contributed by atoms with van der Waals surface area (Å²) in [6.07, 6.45) is 2.00. The molecule has 0 saturated carbocycles. The van der Waals surface area contributed by atoms with Crippen LogP contribution >= 0.6 is 0 Å². The second-order valence-corrected chi connectivity index (χ2v) is 5.35. The summed E-state index contributed by atoms with van der Waals surface area (Å²) < 4.78 is 0. The van der Waals surface area contributed by atoms with E-state index in [-0.39, 0.29) is 11.9 Å². The Balaban J connectivity index is 1.60. The lowest BCUT2D eigenvalue weighted by Crippen LogP contribution is -2.27. The molecule has 1 aromatic carbocycles. The first-order chi connectivity index (χ1) is 10.7. The van der Waals surface area contributed by atoms with Gasteiger partial charge in [0.15, 0.2) is 0 Å². The number of rotatable bonds is 4. The van der Waals surface area contributed by atoms with Crippen LogP contribution in [0.4, 0.5) is 5.82 Å². The van der Waals surface area contributed by atoms with Crippen LogP contribution in [0.15, 0.2) is 48.7 Å². The summed E-state index contributed by atoms with van der Waals surface area (Å²) >= 11 is 0. The van der Waals surface area contributed by atoms with Crippen molar-refractivity contribution in [1.29, 1.82) is 5.26 Å². The quantitative estimate of drug-likeness (QED) is 0.937. The highest BCUT2D eigenvalue weighted by atomic mass is 16.2. The number of nitriles is 1. The molecule has 1 aromatic heterocycles. The van der Waals surface area contributed by atoms with E-state index in [1.807, 2.05) is 41.3 Å². The number of nitrogens with zero attached hydrogens (tertiary/aromatic N) is 3. The summed E-state index contributed by atoms with van der Waals surface area (Å²) in [5.41, 5.74) is 1.66. The molecular weight excluding hydrogens is 276 g/mol. The first-order valence-electron chi connectivity index (χ1n) is 7.19. The molecule has 5 nitrogen and oxygen atoms in total. The minimum absolute atomic E-state index is 0.0525. The minimum atomic E-state index is 0.0525. The minimum Gasteiger partial charge on any atom is -0.365 e. The molecule has 0 unspecified atom stereocenters. The molecule has 2 heterocycles. The van der Waals surface area contributed by atoms with Gasteiger partial charge >= 0.3 is 0 Å². The van der Waals surface area contributed by atoms with Crippen LogP contribution in [0, 0.1) is 11.3 Å². The lowest BCUT2D eigenvalue weighted by atomic mass is 10.2. The Bertz CT molecular complexity index is 691. The van der Waals surface area contributed by atoms with Gasteiger partial charge in [0, 0.05) is 25.7 Å². The number of amides is 1. The van der Waals surface area contributed by atoms with Gasteiger partial charge in [0.2, 0.25) is 5.91 Å². The molecule has 5 heteroatoms. The number of anilines is 1. The van der Waals surface area contributed by atoms with Crippen molar-refractivity contribution < 1.29 is 4.79 Å². The van der Waals surface area contributed by atoms with E-state index in [2.05, 4.69) is 10.3 Å². The number of benzene rings is 1. The fourth-order valence-electron chi connectivity index (χ4n) is 2.58. The molecule has 1 amide bonds. The van der Waals surface area contributed by atoms with Gasteiger partial charge < -0.3 is 10.2 Å². The van der Waals surface area contributed by atoms with Gasteiger partial charge in [0.05, 0.1) is 11.6 Å². The fraction of sp³-hybridized carbons (Fsp3) is 0.235. The van der Waals surface area contributed by atoms with Crippen LogP contribution in [0.3, 0.4) is 0 Å². The molecule has 2 aromatic rings. The zero-order valence-electron chi connectivity index (χ0n) is 12.1. The second-order valence-electron chi connectivity index (χ2n) is 5.35. The molecule has 1 saturated heterocycles. The van der Waals surface area contributed by atoms with Gasteiger partial charge in [-0.15, -0.1) is 0 Å². The van der Waals surface area contributed by atoms with Gasteiger partial charge in [-0.2, -0.15) is 5.26 Å². The molecule has 1 atom stereocenters. The molecule has 0 aliphatic carbocycles. The van der Waals surface area contributed by atoms with Crippen molar-refractivity contribution in [2.24, 2.45) is 0 Å². The predicted octanol–water partition coefficient (Wildman–Crippen LogP) is 2.17. The molecule has 22 heavy (non-hydrogen) atoms. The number of nitrogens with one attached hydrogen (secondary N) is 1. The third-order valence-corrected chi connectivity index (χ3v) is 3.68. The summed E-state index contributed by atoms with van der Waals surface area (Å²) in [6, 6.07) is 15.5. The van der Waals surface area contributed by atoms with Crippen molar-refractivity contribution in [3.8, 4) is 6.07 Å². The van der Waals surface area contributed by atoms with Gasteiger partial charge in [0.25, 0.3) is 0 Å². The Hall–Kier alpha value is -2.87. The Labute approximate surface area is 129 Å². The van der Waals surface area contributed by atoms with Gasteiger partial charge in [-0.25, -0.2) is 4.98 Å². The predicted molar refractivity (Wildman–Crippen MR) is 82.8 cm³/mol. The zero-order chi connectivity index (χ0) is 15.4. The number of carbonyl (C=O) groups excluding carboxylic acids is 1. The van der Waals surface area contributed by atoms with Gasteiger partial charge in [-0.3, -0.25) is 4.79 Å². The summed E-state index contributed by atoms with van der Waals surface area (Å²) in [4.78, 5) is 18.1. The standard InChI is InChI=1S/C17H16N4O/c18-9-14-6-7-16(19-10-14)20-15-8-17(22)21(12-15)11-13-4-2-1-3-5-13/h1-7,10,15H,8,11-12H2,(H,19,20)/t15-/m0/s1. The van der Waals surface area contributed by atoms with Gasteiger partial charge in [0.1, 0.15) is 11.9 Å². The molecule has 0 spiro atoms. The van der Waals surface area contributed by atoms with Crippen LogP contribution in [-0.2, 0) is 11.3 Å². The van der Waals surface area contributed by atoms with Crippen LogP contribution in [0.5, 0.6) is 0 Å². The maximum atomic E-state index is 12.1. The van der Waals surface area contributed by atoms with Crippen LogP contribution in [0.2, 0.25) is 0 Å².